The van der Waals surface area contributed by atoms with Crippen molar-refractivity contribution in [3.8, 4) is 0 Å². The van der Waals surface area contributed by atoms with E-state index < -0.39 is 4.29 Å². The van der Waals surface area contributed by atoms with Crippen LogP contribution in [0.25, 0.3) is 12.2 Å². The Hall–Kier alpha value is 0.910. The fourth-order valence-corrected chi connectivity index (χ4v) is 2.33. The fraction of sp³-hybridized carbons (Fsp3) is 0.182. The molecule has 0 saturated heterocycles. The first kappa shape index (κ1) is 18.3. The van der Waals surface area contributed by atoms with Crippen molar-refractivity contribution in [2.24, 2.45) is 0 Å². The molecule has 4 nitrogen and oxygen atoms in total. The van der Waals surface area contributed by atoms with E-state index in [1.54, 1.807) is 18.4 Å². The third kappa shape index (κ3) is 5.49. The van der Waals surface area contributed by atoms with E-state index in [-0.39, 0.29) is 0 Å². The minimum atomic E-state index is -0.740. The molecule has 0 spiro atoms. The molecule has 0 unspecified atom stereocenters. The van der Waals surface area contributed by atoms with E-state index in [1.807, 2.05) is 12.1 Å². The molecule has 10 heteroatoms. The van der Waals surface area contributed by atoms with Crippen molar-refractivity contribution in [2.45, 2.75) is 4.29 Å². The molecule has 0 radical (unpaired) electrons. The molecule has 0 fully saturated rings. The molecule has 0 aliphatic carbocycles. The highest BCUT2D eigenvalue weighted by Gasteiger charge is 2.31. The van der Waals surface area contributed by atoms with E-state index in [0.717, 1.165) is 0 Å². The van der Waals surface area contributed by atoms with Gasteiger partial charge >= 0.3 is 0 Å². The number of halogens is 6. The predicted octanol–water partition coefficient (Wildman–Crippen LogP) is 6.23. The monoisotopic (exact) mass is 669 g/mol. The highest BCUT2D eigenvalue weighted by Crippen LogP contribution is 2.46. The Bertz CT molecular complexity index is 613. The molecule has 21 heavy (non-hydrogen) atoms. The van der Waals surface area contributed by atoms with Crippen molar-refractivity contribution in [3.63, 3.8) is 0 Å². The number of furan rings is 1. The largest absolute Gasteiger partial charge is 0.465 e. The zero-order chi connectivity index (χ0) is 15.7. The summed E-state index contributed by atoms with van der Waals surface area (Å²) in [5.74, 6) is 2.13. The van der Waals surface area contributed by atoms with Crippen LogP contribution in [-0.2, 0) is 4.29 Å². The molecule has 112 valence electrons. The van der Waals surface area contributed by atoms with Crippen LogP contribution in [0.5, 0.6) is 0 Å². The van der Waals surface area contributed by atoms with Gasteiger partial charge in [-0.1, -0.05) is 95.6 Å². The molecule has 0 atom stereocenters. The molecule has 0 amide bonds. The van der Waals surface area contributed by atoms with E-state index in [4.69, 9.17) is 4.42 Å². The second-order valence-corrected chi connectivity index (χ2v) is 17.2. The van der Waals surface area contributed by atoms with Gasteiger partial charge in [0.05, 0.1) is 6.26 Å². The van der Waals surface area contributed by atoms with Crippen LogP contribution in [0, 0.1) is 0 Å². The quantitative estimate of drug-likeness (QED) is 0.355. The summed E-state index contributed by atoms with van der Waals surface area (Å²) in [7, 11) is 0. The number of hydrogen-bond acceptors (Lipinski definition) is 4. The van der Waals surface area contributed by atoms with Gasteiger partial charge in [0.2, 0.25) is 0 Å². The van der Waals surface area contributed by atoms with E-state index in [0.29, 0.717) is 23.2 Å². The molecule has 0 aromatic carbocycles. The average Bonchev–Trinajstić information content (AvgIpc) is 2.87. The summed E-state index contributed by atoms with van der Waals surface area (Å²) in [6.45, 7) is 0. The summed E-state index contributed by atoms with van der Waals surface area (Å²) in [5.41, 5.74) is 0. The summed E-state index contributed by atoms with van der Waals surface area (Å²) in [4.78, 5) is 13.1. The molecular formula is C11H5Br6N3O. The van der Waals surface area contributed by atoms with Crippen molar-refractivity contribution in [3.05, 3.63) is 41.6 Å². The van der Waals surface area contributed by atoms with Crippen molar-refractivity contribution in [1.82, 2.24) is 15.0 Å². The van der Waals surface area contributed by atoms with Crippen molar-refractivity contribution in [1.29, 1.82) is 0 Å². The van der Waals surface area contributed by atoms with Gasteiger partial charge in [0.15, 0.2) is 21.8 Å². The summed E-state index contributed by atoms with van der Waals surface area (Å²) in [6.07, 6.45) is 5.12. The highest BCUT2D eigenvalue weighted by atomic mass is 80.0. The van der Waals surface area contributed by atoms with Gasteiger partial charge in [-0.3, -0.25) is 0 Å². The van der Waals surface area contributed by atoms with Crippen LogP contribution in [0.1, 0.15) is 23.2 Å². The first-order valence-corrected chi connectivity index (χ1v) is 10.0. The molecule has 0 bridgehead atoms. The van der Waals surface area contributed by atoms with E-state index in [1.165, 1.54) is 0 Å². The van der Waals surface area contributed by atoms with Gasteiger partial charge in [-0.05, 0) is 24.3 Å². The number of rotatable bonds is 2. The second kappa shape index (κ2) is 7.21. The molecule has 0 aliphatic rings. The molecule has 0 aliphatic heterocycles. The van der Waals surface area contributed by atoms with Gasteiger partial charge in [-0.2, -0.15) is 0 Å². The fourth-order valence-electron chi connectivity index (χ4n) is 1.26. The lowest BCUT2D eigenvalue weighted by Gasteiger charge is -2.15. The normalized spacial score (nSPS) is 13.0. The number of aromatic nitrogens is 3. The first-order valence-electron chi connectivity index (χ1n) is 5.28. The van der Waals surface area contributed by atoms with Crippen LogP contribution >= 0.6 is 95.6 Å². The van der Waals surface area contributed by atoms with Crippen LogP contribution in [0.15, 0.2) is 22.8 Å². The lowest BCUT2D eigenvalue weighted by Crippen LogP contribution is -2.15. The Morgan fingerprint density at radius 2 is 1.43 bits per heavy atom. The third-order valence-electron chi connectivity index (χ3n) is 2.10. The Morgan fingerprint density at radius 3 is 1.86 bits per heavy atom. The summed E-state index contributed by atoms with van der Waals surface area (Å²) < 4.78 is 3.76. The lowest BCUT2D eigenvalue weighted by atomic mass is 10.4. The van der Waals surface area contributed by atoms with Gasteiger partial charge in [0, 0.05) is 0 Å². The van der Waals surface area contributed by atoms with Crippen LogP contribution in [0.2, 0.25) is 0 Å². The maximum atomic E-state index is 5.24. The highest BCUT2D eigenvalue weighted by molar-refractivity contribution is 9.39. The second-order valence-electron chi connectivity index (χ2n) is 3.69. The van der Waals surface area contributed by atoms with Crippen LogP contribution in [-0.4, -0.2) is 15.0 Å². The lowest BCUT2D eigenvalue weighted by molar-refractivity contribution is 0.557. The summed E-state index contributed by atoms with van der Waals surface area (Å²) >= 11 is 20.4. The van der Waals surface area contributed by atoms with Gasteiger partial charge < -0.3 is 4.42 Å². The average molecular weight is 675 g/mol. The maximum Gasteiger partial charge on any atom is 0.194 e. The minimum absolute atomic E-state index is 0.467. The van der Waals surface area contributed by atoms with Crippen molar-refractivity contribution >= 4 is 108 Å². The van der Waals surface area contributed by atoms with E-state index in [2.05, 4.69) is 111 Å². The smallest absolute Gasteiger partial charge is 0.194 e. The van der Waals surface area contributed by atoms with Crippen LogP contribution < -0.4 is 0 Å². The molecule has 2 aromatic heterocycles. The topological polar surface area (TPSA) is 51.8 Å². The maximum absolute atomic E-state index is 5.24. The zero-order valence-electron chi connectivity index (χ0n) is 9.90. The summed E-state index contributed by atoms with van der Waals surface area (Å²) in [6, 6.07) is 3.65. The van der Waals surface area contributed by atoms with Gasteiger partial charge in [-0.25, -0.2) is 15.0 Å². The van der Waals surface area contributed by atoms with Gasteiger partial charge in [0.1, 0.15) is 5.76 Å². The van der Waals surface area contributed by atoms with Crippen molar-refractivity contribution < 1.29 is 4.42 Å². The van der Waals surface area contributed by atoms with Crippen molar-refractivity contribution in [2.75, 3.05) is 0 Å². The SMILES string of the molecule is BrC(Br)(Br)c1nc(C=Cc2ccco2)nc(C(Br)(Br)Br)n1. The predicted molar refractivity (Wildman–Crippen MR) is 104 cm³/mol. The Labute approximate surface area is 171 Å². The minimum Gasteiger partial charge on any atom is -0.465 e. The molecule has 0 saturated carbocycles. The van der Waals surface area contributed by atoms with Gasteiger partial charge in [0.25, 0.3) is 0 Å². The van der Waals surface area contributed by atoms with E-state index in [9.17, 15) is 0 Å². The molecule has 2 aromatic rings. The third-order valence-corrected chi connectivity index (χ3v) is 4.23. The van der Waals surface area contributed by atoms with Crippen LogP contribution in [0.3, 0.4) is 0 Å². The molecule has 0 N–H and O–H groups in total. The van der Waals surface area contributed by atoms with E-state index >= 15 is 0 Å². The standard InChI is InChI=1S/C11H5Br6N3O/c12-10(13,14)8-18-7(4-3-6-2-1-5-21-6)19-9(20-8)11(15,16)17/h1-5H. The van der Waals surface area contributed by atoms with Crippen LogP contribution in [0.4, 0.5) is 0 Å². The Kier molecular flexibility index (Phi) is 6.27. The molecule has 2 heterocycles. The number of alkyl halides is 6. The summed E-state index contributed by atoms with van der Waals surface area (Å²) in [5, 5.41) is 0. The number of nitrogens with zero attached hydrogens (tertiary/aromatic N) is 3. The molecule has 2 rings (SSSR count). The molecular weight excluding hydrogens is 670 g/mol. The Balaban J connectivity index is 2.45. The zero-order valence-corrected chi connectivity index (χ0v) is 19.4. The number of hydrogen-bond donors (Lipinski definition) is 0. The first-order chi connectivity index (χ1) is 9.66. The van der Waals surface area contributed by atoms with Gasteiger partial charge in [-0.15, -0.1) is 0 Å². The Morgan fingerprint density at radius 1 is 0.857 bits per heavy atom.